The molecule has 3 nitrogen and oxygen atoms in total. The number of rotatable bonds is 4. The third-order valence-corrected chi connectivity index (χ3v) is 3.26. The lowest BCUT2D eigenvalue weighted by Gasteiger charge is -2.11. The van der Waals surface area contributed by atoms with Crippen molar-refractivity contribution < 1.29 is 9.18 Å². The molecular formula is C15H14ClFN2O. The molecule has 0 saturated carbocycles. The largest absolute Gasteiger partial charge is 0.379 e. The van der Waals surface area contributed by atoms with Crippen molar-refractivity contribution in [3.63, 3.8) is 0 Å². The third-order valence-electron chi connectivity index (χ3n) is 3.03. The van der Waals surface area contributed by atoms with Crippen molar-refractivity contribution >= 4 is 23.2 Å². The maximum absolute atomic E-state index is 13.6. The van der Waals surface area contributed by atoms with E-state index in [1.54, 1.807) is 30.3 Å². The summed E-state index contributed by atoms with van der Waals surface area (Å²) in [6.07, 6.45) is 0. The number of amides is 1. The van der Waals surface area contributed by atoms with Gasteiger partial charge in [0.15, 0.2) is 0 Å². The van der Waals surface area contributed by atoms with Gasteiger partial charge in [0, 0.05) is 17.1 Å². The number of anilines is 1. The van der Waals surface area contributed by atoms with Crippen LogP contribution in [-0.4, -0.2) is 5.91 Å². The molecule has 0 heterocycles. The molecule has 1 amide bonds. The number of halogens is 2. The summed E-state index contributed by atoms with van der Waals surface area (Å²) in [5.41, 5.74) is 7.94. The number of aryl methyl sites for hydroxylation is 1. The Bertz CT molecular complexity index is 658. The smallest absolute Gasteiger partial charge is 0.248 e. The zero-order valence-corrected chi connectivity index (χ0v) is 11.7. The highest BCUT2D eigenvalue weighted by Gasteiger charge is 2.06. The fourth-order valence-electron chi connectivity index (χ4n) is 1.87. The molecule has 0 aliphatic carbocycles. The number of carbonyl (C=O) groups is 1. The summed E-state index contributed by atoms with van der Waals surface area (Å²) in [5, 5.41) is 3.35. The molecule has 104 valence electrons. The van der Waals surface area contributed by atoms with Crippen LogP contribution in [0, 0.1) is 12.7 Å². The van der Waals surface area contributed by atoms with Crippen LogP contribution >= 0.6 is 11.6 Å². The molecule has 0 radical (unpaired) electrons. The monoisotopic (exact) mass is 292 g/mol. The first-order valence-electron chi connectivity index (χ1n) is 6.05. The second kappa shape index (κ2) is 5.92. The second-order valence-corrected chi connectivity index (χ2v) is 4.92. The second-order valence-electron chi connectivity index (χ2n) is 4.48. The van der Waals surface area contributed by atoms with Gasteiger partial charge in [-0.2, -0.15) is 0 Å². The molecular weight excluding hydrogens is 279 g/mol. The Kier molecular flexibility index (Phi) is 4.25. The number of hydrogen-bond donors (Lipinski definition) is 2. The van der Waals surface area contributed by atoms with E-state index in [0.717, 1.165) is 11.1 Å². The molecule has 0 aliphatic heterocycles. The van der Waals surface area contributed by atoms with Crippen molar-refractivity contribution in [1.82, 2.24) is 0 Å². The van der Waals surface area contributed by atoms with Gasteiger partial charge in [0.2, 0.25) is 5.91 Å². The molecule has 20 heavy (non-hydrogen) atoms. The van der Waals surface area contributed by atoms with Crippen LogP contribution in [0.4, 0.5) is 10.1 Å². The Labute approximate surface area is 121 Å². The zero-order chi connectivity index (χ0) is 14.7. The Morgan fingerprint density at radius 1 is 1.30 bits per heavy atom. The summed E-state index contributed by atoms with van der Waals surface area (Å²) >= 11 is 5.69. The Hall–Kier alpha value is -2.07. The molecule has 0 atom stereocenters. The highest BCUT2D eigenvalue weighted by Crippen LogP contribution is 2.20. The molecule has 3 N–H and O–H groups in total. The molecule has 2 rings (SSSR count). The van der Waals surface area contributed by atoms with Gasteiger partial charge in [0.1, 0.15) is 5.82 Å². The first kappa shape index (κ1) is 14.3. The average molecular weight is 293 g/mol. The lowest BCUT2D eigenvalue weighted by molar-refractivity contribution is 0.1000. The van der Waals surface area contributed by atoms with Crippen molar-refractivity contribution in [2.24, 2.45) is 5.73 Å². The van der Waals surface area contributed by atoms with Gasteiger partial charge in [-0.1, -0.05) is 17.7 Å². The van der Waals surface area contributed by atoms with Gasteiger partial charge in [-0.25, -0.2) is 4.39 Å². The summed E-state index contributed by atoms with van der Waals surface area (Å²) in [4.78, 5) is 11.1. The SMILES string of the molecule is Cc1cc(C(N)=O)ccc1CNc1ccc(Cl)cc1F. The summed E-state index contributed by atoms with van der Waals surface area (Å²) in [6.45, 7) is 2.32. The highest BCUT2D eigenvalue weighted by atomic mass is 35.5. The number of nitrogens with one attached hydrogen (secondary N) is 1. The molecule has 0 fully saturated rings. The van der Waals surface area contributed by atoms with E-state index in [2.05, 4.69) is 5.32 Å². The van der Waals surface area contributed by atoms with Crippen molar-refractivity contribution in [2.75, 3.05) is 5.32 Å². The number of nitrogens with two attached hydrogens (primary N) is 1. The summed E-state index contributed by atoms with van der Waals surface area (Å²) in [7, 11) is 0. The number of benzene rings is 2. The molecule has 0 aromatic heterocycles. The maximum atomic E-state index is 13.6. The van der Waals surface area contributed by atoms with Crippen LogP contribution in [0.2, 0.25) is 5.02 Å². The number of carbonyl (C=O) groups excluding carboxylic acids is 1. The zero-order valence-electron chi connectivity index (χ0n) is 10.9. The van der Waals surface area contributed by atoms with E-state index < -0.39 is 11.7 Å². The van der Waals surface area contributed by atoms with Gasteiger partial charge in [-0.05, 0) is 48.4 Å². The molecule has 0 spiro atoms. The van der Waals surface area contributed by atoms with Gasteiger partial charge in [0.25, 0.3) is 0 Å². The predicted molar refractivity (Wildman–Crippen MR) is 78.4 cm³/mol. The first-order chi connectivity index (χ1) is 9.47. The summed E-state index contributed by atoms with van der Waals surface area (Å²) in [5.74, 6) is -0.861. The fourth-order valence-corrected chi connectivity index (χ4v) is 2.03. The van der Waals surface area contributed by atoms with Crippen molar-refractivity contribution in [2.45, 2.75) is 13.5 Å². The van der Waals surface area contributed by atoms with Crippen molar-refractivity contribution in [1.29, 1.82) is 0 Å². The number of hydrogen-bond acceptors (Lipinski definition) is 2. The summed E-state index contributed by atoms with van der Waals surface area (Å²) in [6, 6.07) is 9.64. The van der Waals surface area contributed by atoms with Gasteiger partial charge < -0.3 is 11.1 Å². The van der Waals surface area contributed by atoms with Crippen LogP contribution in [-0.2, 0) is 6.54 Å². The Morgan fingerprint density at radius 3 is 2.65 bits per heavy atom. The van der Waals surface area contributed by atoms with E-state index in [0.29, 0.717) is 22.8 Å². The van der Waals surface area contributed by atoms with Crippen LogP contribution in [0.5, 0.6) is 0 Å². The first-order valence-corrected chi connectivity index (χ1v) is 6.43. The van der Waals surface area contributed by atoms with Gasteiger partial charge in [0.05, 0.1) is 5.69 Å². The molecule has 0 aliphatic rings. The van der Waals surface area contributed by atoms with Gasteiger partial charge in [-0.3, -0.25) is 4.79 Å². The minimum absolute atomic E-state index is 0.357. The van der Waals surface area contributed by atoms with Crippen LogP contribution in [0.25, 0.3) is 0 Å². The van der Waals surface area contributed by atoms with Gasteiger partial charge >= 0.3 is 0 Å². The van der Waals surface area contributed by atoms with Crippen molar-refractivity contribution in [3.05, 3.63) is 63.9 Å². The Balaban J connectivity index is 2.13. The topological polar surface area (TPSA) is 55.1 Å². The van der Waals surface area contributed by atoms with Crippen LogP contribution < -0.4 is 11.1 Å². The minimum Gasteiger partial charge on any atom is -0.379 e. The van der Waals surface area contributed by atoms with Crippen molar-refractivity contribution in [3.8, 4) is 0 Å². The fraction of sp³-hybridized carbons (Fsp3) is 0.133. The van der Waals surface area contributed by atoms with E-state index in [1.807, 2.05) is 6.92 Å². The molecule has 2 aromatic carbocycles. The third kappa shape index (κ3) is 3.27. The molecule has 0 unspecified atom stereocenters. The molecule has 0 saturated heterocycles. The van der Waals surface area contributed by atoms with Crippen LogP contribution in [0.1, 0.15) is 21.5 Å². The lowest BCUT2D eigenvalue weighted by atomic mass is 10.0. The quantitative estimate of drug-likeness (QED) is 0.906. The number of primary amides is 1. The van der Waals surface area contributed by atoms with E-state index in [4.69, 9.17) is 17.3 Å². The normalized spacial score (nSPS) is 10.3. The van der Waals surface area contributed by atoms with Crippen LogP contribution in [0.15, 0.2) is 36.4 Å². The molecule has 0 bridgehead atoms. The standard InChI is InChI=1S/C15H14ClFN2O/c1-9-6-10(15(18)20)2-3-11(9)8-19-14-5-4-12(16)7-13(14)17/h2-7,19H,8H2,1H3,(H2,18,20). The molecule has 5 heteroatoms. The van der Waals surface area contributed by atoms with Crippen LogP contribution in [0.3, 0.4) is 0 Å². The van der Waals surface area contributed by atoms with E-state index in [9.17, 15) is 9.18 Å². The maximum Gasteiger partial charge on any atom is 0.248 e. The van der Waals surface area contributed by atoms with E-state index in [-0.39, 0.29) is 0 Å². The molecule has 2 aromatic rings. The Morgan fingerprint density at radius 2 is 2.05 bits per heavy atom. The summed E-state index contributed by atoms with van der Waals surface area (Å²) < 4.78 is 13.6. The lowest BCUT2D eigenvalue weighted by Crippen LogP contribution is -2.12. The predicted octanol–water partition coefficient (Wildman–Crippen LogP) is 3.50. The van der Waals surface area contributed by atoms with E-state index >= 15 is 0 Å². The van der Waals surface area contributed by atoms with Gasteiger partial charge in [-0.15, -0.1) is 0 Å². The minimum atomic E-state index is -0.462. The highest BCUT2D eigenvalue weighted by molar-refractivity contribution is 6.30. The average Bonchev–Trinajstić information content (AvgIpc) is 2.38. The van der Waals surface area contributed by atoms with E-state index in [1.165, 1.54) is 6.07 Å².